The number of nitrogens with zero attached hydrogens (tertiary/aromatic N) is 1. The standard InChI is InChI=1S/C23H21N3O7S/c1-32-21-12-5-3-10-19(21)26-34(30,31)18-9-6-8-16(13-18)23(29)25-24-14-17-7-2-4-11-20(17)33-15-22(27)28/h2-14,26H,15H2,1H3,(H,25,29)(H,27,28)/b24-14+. The largest absolute Gasteiger partial charge is 0.495 e. The van der Waals surface area contributed by atoms with Crippen molar-refractivity contribution in [2.24, 2.45) is 5.10 Å². The topological polar surface area (TPSA) is 143 Å². The Bertz CT molecular complexity index is 1320. The Morgan fingerprint density at radius 2 is 1.71 bits per heavy atom. The maximum Gasteiger partial charge on any atom is 0.341 e. The molecular formula is C23H21N3O7S. The molecule has 0 fully saturated rings. The van der Waals surface area contributed by atoms with Crippen molar-refractivity contribution in [3.8, 4) is 11.5 Å². The minimum atomic E-state index is -4.00. The van der Waals surface area contributed by atoms with Crippen molar-refractivity contribution in [2.75, 3.05) is 18.4 Å². The molecule has 0 saturated heterocycles. The molecule has 0 aliphatic heterocycles. The average molecular weight is 484 g/mol. The number of hydrazone groups is 1. The Kier molecular flexibility index (Phi) is 7.83. The van der Waals surface area contributed by atoms with Crippen molar-refractivity contribution in [1.82, 2.24) is 5.43 Å². The summed E-state index contributed by atoms with van der Waals surface area (Å²) in [5.74, 6) is -1.15. The van der Waals surface area contributed by atoms with E-state index in [1.165, 1.54) is 37.6 Å². The zero-order valence-electron chi connectivity index (χ0n) is 18.0. The van der Waals surface area contributed by atoms with Crippen LogP contribution in [0.15, 0.2) is 82.8 Å². The van der Waals surface area contributed by atoms with Gasteiger partial charge in [0.25, 0.3) is 15.9 Å². The minimum absolute atomic E-state index is 0.0652. The second-order valence-electron chi connectivity index (χ2n) is 6.75. The summed E-state index contributed by atoms with van der Waals surface area (Å²) in [4.78, 5) is 23.1. The molecule has 176 valence electrons. The maximum atomic E-state index is 12.8. The van der Waals surface area contributed by atoms with E-state index in [0.717, 1.165) is 0 Å². The van der Waals surface area contributed by atoms with E-state index in [0.29, 0.717) is 11.3 Å². The normalized spacial score (nSPS) is 11.1. The fraction of sp³-hybridized carbons (Fsp3) is 0.0870. The second-order valence-corrected chi connectivity index (χ2v) is 8.44. The van der Waals surface area contributed by atoms with Gasteiger partial charge < -0.3 is 14.6 Å². The maximum absolute atomic E-state index is 12.8. The van der Waals surface area contributed by atoms with Crippen LogP contribution in [-0.2, 0) is 14.8 Å². The number of anilines is 1. The molecule has 10 nitrogen and oxygen atoms in total. The molecule has 0 bridgehead atoms. The van der Waals surface area contributed by atoms with Crippen molar-refractivity contribution in [3.63, 3.8) is 0 Å². The summed E-state index contributed by atoms with van der Waals surface area (Å²) in [5.41, 5.74) is 3.08. The molecule has 3 aromatic rings. The molecule has 0 aliphatic carbocycles. The van der Waals surface area contributed by atoms with Gasteiger partial charge in [-0.25, -0.2) is 18.6 Å². The number of carboxylic acid groups (broad SMARTS) is 1. The molecule has 0 saturated carbocycles. The van der Waals surface area contributed by atoms with Gasteiger partial charge in [0.1, 0.15) is 11.5 Å². The number of hydrogen-bond acceptors (Lipinski definition) is 7. The number of carbonyl (C=O) groups excluding carboxylic acids is 1. The number of benzene rings is 3. The van der Waals surface area contributed by atoms with E-state index in [9.17, 15) is 18.0 Å². The first-order chi connectivity index (χ1) is 16.3. The van der Waals surface area contributed by atoms with Crippen LogP contribution in [0.4, 0.5) is 5.69 Å². The number of amides is 1. The van der Waals surface area contributed by atoms with Gasteiger partial charge in [-0.05, 0) is 42.5 Å². The number of nitrogens with one attached hydrogen (secondary N) is 2. The van der Waals surface area contributed by atoms with E-state index < -0.39 is 28.5 Å². The van der Waals surface area contributed by atoms with Crippen molar-refractivity contribution in [3.05, 3.63) is 83.9 Å². The van der Waals surface area contributed by atoms with Gasteiger partial charge >= 0.3 is 5.97 Å². The molecule has 11 heteroatoms. The predicted molar refractivity (Wildman–Crippen MR) is 125 cm³/mol. The summed E-state index contributed by atoms with van der Waals surface area (Å²) in [7, 11) is -2.57. The van der Waals surface area contributed by atoms with Crippen molar-refractivity contribution < 1.29 is 32.6 Å². The Morgan fingerprint density at radius 3 is 2.44 bits per heavy atom. The van der Waals surface area contributed by atoms with Crippen LogP contribution < -0.4 is 19.6 Å². The van der Waals surface area contributed by atoms with Gasteiger partial charge in [0.15, 0.2) is 6.61 Å². The molecule has 0 radical (unpaired) electrons. The molecule has 3 aromatic carbocycles. The first kappa shape index (κ1) is 24.3. The molecule has 1 amide bonds. The smallest absolute Gasteiger partial charge is 0.341 e. The number of hydrogen-bond donors (Lipinski definition) is 3. The third kappa shape index (κ3) is 6.33. The molecule has 0 aromatic heterocycles. The third-order valence-corrected chi connectivity index (χ3v) is 5.76. The Hall–Kier alpha value is -4.38. The minimum Gasteiger partial charge on any atom is -0.495 e. The number of aliphatic carboxylic acids is 1. The van der Waals surface area contributed by atoms with Gasteiger partial charge in [0.2, 0.25) is 0 Å². The van der Waals surface area contributed by atoms with Gasteiger partial charge in [-0.2, -0.15) is 5.10 Å². The lowest BCUT2D eigenvalue weighted by Crippen LogP contribution is -2.19. The Balaban J connectivity index is 1.72. The Morgan fingerprint density at radius 1 is 1.00 bits per heavy atom. The van der Waals surface area contributed by atoms with Crippen LogP contribution in [0.5, 0.6) is 11.5 Å². The van der Waals surface area contributed by atoms with Crippen molar-refractivity contribution in [2.45, 2.75) is 4.90 Å². The van der Waals surface area contributed by atoms with Crippen molar-refractivity contribution >= 4 is 33.8 Å². The predicted octanol–water partition coefficient (Wildman–Crippen LogP) is 2.72. The molecule has 3 N–H and O–H groups in total. The highest BCUT2D eigenvalue weighted by molar-refractivity contribution is 7.92. The van der Waals surface area contributed by atoms with Crippen LogP contribution >= 0.6 is 0 Å². The molecular weight excluding hydrogens is 462 g/mol. The monoisotopic (exact) mass is 483 g/mol. The van der Waals surface area contributed by atoms with E-state index in [1.807, 2.05) is 0 Å². The summed E-state index contributed by atoms with van der Waals surface area (Å²) in [6, 6.07) is 18.5. The summed E-state index contributed by atoms with van der Waals surface area (Å²) >= 11 is 0. The van der Waals surface area contributed by atoms with Gasteiger partial charge in [0.05, 0.1) is 23.9 Å². The third-order valence-electron chi connectivity index (χ3n) is 4.40. The van der Waals surface area contributed by atoms with Crippen LogP contribution in [0.3, 0.4) is 0 Å². The average Bonchev–Trinajstić information content (AvgIpc) is 2.83. The van der Waals surface area contributed by atoms with Gasteiger partial charge in [-0.1, -0.05) is 30.3 Å². The Labute approximate surface area is 195 Å². The van der Waals surface area contributed by atoms with E-state index in [1.54, 1.807) is 48.5 Å². The molecule has 0 atom stereocenters. The van der Waals surface area contributed by atoms with E-state index in [-0.39, 0.29) is 21.9 Å². The van der Waals surface area contributed by atoms with Crippen LogP contribution in [0.2, 0.25) is 0 Å². The van der Waals surface area contributed by atoms with E-state index >= 15 is 0 Å². The number of ether oxygens (including phenoxy) is 2. The summed E-state index contributed by atoms with van der Waals surface area (Å²) in [5, 5.41) is 12.6. The highest BCUT2D eigenvalue weighted by atomic mass is 32.2. The number of rotatable bonds is 10. The van der Waals surface area contributed by atoms with Crippen molar-refractivity contribution in [1.29, 1.82) is 0 Å². The van der Waals surface area contributed by atoms with Crippen LogP contribution in [0, 0.1) is 0 Å². The first-order valence-corrected chi connectivity index (χ1v) is 11.3. The zero-order valence-corrected chi connectivity index (χ0v) is 18.8. The van der Waals surface area contributed by atoms with E-state index in [4.69, 9.17) is 14.6 Å². The summed E-state index contributed by atoms with van der Waals surface area (Å²) < 4.78 is 38.4. The summed E-state index contributed by atoms with van der Waals surface area (Å²) in [6.07, 6.45) is 1.29. The molecule has 0 unspecified atom stereocenters. The molecule has 0 spiro atoms. The fourth-order valence-corrected chi connectivity index (χ4v) is 3.94. The van der Waals surface area contributed by atoms with Crippen LogP contribution in [0.25, 0.3) is 0 Å². The number of sulfonamides is 1. The number of carboxylic acids is 1. The van der Waals surface area contributed by atoms with Gasteiger partial charge in [0, 0.05) is 11.1 Å². The molecule has 3 rings (SSSR count). The molecule has 0 heterocycles. The van der Waals surface area contributed by atoms with Gasteiger partial charge in [-0.15, -0.1) is 0 Å². The lowest BCUT2D eigenvalue weighted by molar-refractivity contribution is -0.139. The fourth-order valence-electron chi connectivity index (χ4n) is 2.82. The molecule has 0 aliphatic rings. The number of carbonyl (C=O) groups is 2. The second kappa shape index (κ2) is 11.0. The zero-order chi connectivity index (χ0) is 24.6. The summed E-state index contributed by atoms with van der Waals surface area (Å²) in [6.45, 7) is -0.526. The lowest BCUT2D eigenvalue weighted by atomic mass is 10.2. The van der Waals surface area contributed by atoms with Crippen LogP contribution in [-0.4, -0.2) is 45.3 Å². The highest BCUT2D eigenvalue weighted by Gasteiger charge is 2.18. The van der Waals surface area contributed by atoms with Crippen LogP contribution in [0.1, 0.15) is 15.9 Å². The quantitative estimate of drug-likeness (QED) is 0.297. The number of methoxy groups -OCH3 is 1. The number of para-hydroxylation sites is 3. The van der Waals surface area contributed by atoms with Gasteiger partial charge in [-0.3, -0.25) is 9.52 Å². The first-order valence-electron chi connectivity index (χ1n) is 9.83. The SMILES string of the molecule is COc1ccccc1NS(=O)(=O)c1cccc(C(=O)N/N=C/c2ccccc2OCC(=O)O)c1. The lowest BCUT2D eigenvalue weighted by Gasteiger charge is -2.12. The van der Waals surface area contributed by atoms with E-state index in [2.05, 4.69) is 15.2 Å². The molecule has 34 heavy (non-hydrogen) atoms. The highest BCUT2D eigenvalue weighted by Crippen LogP contribution is 2.26.